The number of halogens is 3. The summed E-state index contributed by atoms with van der Waals surface area (Å²) in [6.07, 6.45) is -4.40. The van der Waals surface area contributed by atoms with Crippen LogP contribution in [-0.2, 0) is 22.3 Å². The van der Waals surface area contributed by atoms with Gasteiger partial charge in [0.05, 0.1) is 12.7 Å². The molecule has 0 aliphatic carbocycles. The van der Waals surface area contributed by atoms with Crippen molar-refractivity contribution in [3.8, 4) is 11.3 Å². The van der Waals surface area contributed by atoms with Crippen molar-refractivity contribution in [3.63, 3.8) is 0 Å². The van der Waals surface area contributed by atoms with Crippen molar-refractivity contribution in [1.82, 2.24) is 0 Å². The number of alkyl halides is 3. The Bertz CT molecular complexity index is 656. The van der Waals surface area contributed by atoms with Crippen LogP contribution >= 0.6 is 0 Å². The monoisotopic (exact) mass is 314 g/mol. The number of benzene rings is 1. The molecule has 118 valence electrons. The third-order valence-corrected chi connectivity index (χ3v) is 2.99. The van der Waals surface area contributed by atoms with Crippen molar-refractivity contribution in [2.45, 2.75) is 12.8 Å². The molecule has 0 saturated carbocycles. The van der Waals surface area contributed by atoms with Crippen LogP contribution in [0.4, 0.5) is 13.2 Å². The first-order chi connectivity index (χ1) is 10.4. The van der Waals surface area contributed by atoms with Gasteiger partial charge in [-0.3, -0.25) is 0 Å². The highest BCUT2D eigenvalue weighted by Crippen LogP contribution is 2.32. The summed E-state index contributed by atoms with van der Waals surface area (Å²) in [5, 5.41) is 0. The smallest absolute Gasteiger partial charge is 0.416 e. The normalized spacial score (nSPS) is 11.5. The van der Waals surface area contributed by atoms with Crippen molar-refractivity contribution in [1.29, 1.82) is 0 Å². The number of carbonyl (C=O) groups excluding carboxylic acids is 1. The Morgan fingerprint density at radius 3 is 2.32 bits per heavy atom. The second-order valence-corrected chi connectivity index (χ2v) is 4.45. The number of hydrogen-bond donors (Lipinski definition) is 0. The van der Waals surface area contributed by atoms with Crippen molar-refractivity contribution < 1.29 is 31.9 Å². The zero-order chi connectivity index (χ0) is 16.3. The third-order valence-electron chi connectivity index (χ3n) is 2.99. The van der Waals surface area contributed by atoms with Crippen LogP contribution in [0.5, 0.6) is 0 Å². The molecule has 0 aliphatic rings. The van der Waals surface area contributed by atoms with Gasteiger partial charge in [-0.15, -0.1) is 0 Å². The molecule has 0 saturated heterocycles. The molecule has 0 N–H and O–H groups in total. The van der Waals surface area contributed by atoms with Crippen LogP contribution < -0.4 is 0 Å². The molecule has 0 radical (unpaired) electrons. The maximum Gasteiger partial charge on any atom is 0.416 e. The van der Waals surface area contributed by atoms with E-state index in [4.69, 9.17) is 9.15 Å². The quantitative estimate of drug-likeness (QED) is 0.803. The Morgan fingerprint density at radius 1 is 1.18 bits per heavy atom. The summed E-state index contributed by atoms with van der Waals surface area (Å²) in [6.45, 7) is 0.0467. The molecule has 0 unspecified atom stereocenters. The molecular weight excluding hydrogens is 301 g/mol. The number of carbonyl (C=O) groups is 1. The Kier molecular flexibility index (Phi) is 4.56. The lowest BCUT2D eigenvalue weighted by Gasteiger charge is -2.06. The Hall–Kier alpha value is -2.28. The van der Waals surface area contributed by atoms with E-state index in [1.807, 2.05) is 0 Å². The summed E-state index contributed by atoms with van der Waals surface area (Å²) in [5.74, 6) is -0.0839. The molecule has 22 heavy (non-hydrogen) atoms. The molecule has 4 nitrogen and oxygen atoms in total. The Balaban J connectivity index is 2.38. The molecule has 0 atom stereocenters. The summed E-state index contributed by atoms with van der Waals surface area (Å²) >= 11 is 0. The second kappa shape index (κ2) is 6.23. The minimum atomic E-state index is -4.40. The molecular formula is C15H13F3O4. The van der Waals surface area contributed by atoms with Gasteiger partial charge in [-0.25, -0.2) is 4.79 Å². The number of ether oxygens (including phenoxy) is 2. The van der Waals surface area contributed by atoms with Gasteiger partial charge >= 0.3 is 12.1 Å². The molecule has 0 spiro atoms. The summed E-state index contributed by atoms with van der Waals surface area (Å²) in [7, 11) is 2.66. The summed E-state index contributed by atoms with van der Waals surface area (Å²) in [6, 6.07) is 5.87. The van der Waals surface area contributed by atoms with Crippen molar-refractivity contribution in [3.05, 3.63) is 47.2 Å². The average molecular weight is 314 g/mol. The van der Waals surface area contributed by atoms with E-state index in [2.05, 4.69) is 4.74 Å². The first-order valence-electron chi connectivity index (χ1n) is 6.24. The second-order valence-electron chi connectivity index (χ2n) is 4.45. The molecule has 1 aromatic heterocycles. The predicted molar refractivity (Wildman–Crippen MR) is 71.2 cm³/mol. The summed E-state index contributed by atoms with van der Waals surface area (Å²) in [5.41, 5.74) is -0.159. The van der Waals surface area contributed by atoms with Crippen LogP contribution in [0.1, 0.15) is 21.7 Å². The van der Waals surface area contributed by atoms with Crippen LogP contribution in [0.25, 0.3) is 11.3 Å². The van der Waals surface area contributed by atoms with Crippen molar-refractivity contribution in [2.24, 2.45) is 0 Å². The van der Waals surface area contributed by atoms with Gasteiger partial charge in [-0.2, -0.15) is 13.2 Å². The summed E-state index contributed by atoms with van der Waals surface area (Å²) in [4.78, 5) is 11.7. The van der Waals surface area contributed by atoms with Gasteiger partial charge in [0.2, 0.25) is 0 Å². The van der Waals surface area contributed by atoms with Gasteiger partial charge in [-0.1, -0.05) is 12.1 Å². The Labute approximate surface area is 124 Å². The lowest BCUT2D eigenvalue weighted by molar-refractivity contribution is -0.137. The lowest BCUT2D eigenvalue weighted by Crippen LogP contribution is -2.03. The van der Waals surface area contributed by atoms with E-state index in [9.17, 15) is 18.0 Å². The lowest BCUT2D eigenvalue weighted by atomic mass is 10.1. The van der Waals surface area contributed by atoms with E-state index < -0.39 is 17.7 Å². The number of rotatable bonds is 4. The van der Waals surface area contributed by atoms with E-state index in [1.165, 1.54) is 32.4 Å². The van der Waals surface area contributed by atoms with Crippen molar-refractivity contribution >= 4 is 5.97 Å². The summed E-state index contributed by atoms with van der Waals surface area (Å²) < 4.78 is 52.7. The maximum absolute atomic E-state index is 12.5. The molecule has 2 aromatic rings. The SMILES string of the molecule is COCc1oc(-c2ccc(C(F)(F)F)cc2)cc1C(=O)OC. The number of hydrogen-bond acceptors (Lipinski definition) is 4. The van der Waals surface area contributed by atoms with E-state index in [0.717, 1.165) is 12.1 Å². The van der Waals surface area contributed by atoms with Crippen LogP contribution in [0.15, 0.2) is 34.7 Å². The molecule has 0 amide bonds. The van der Waals surface area contributed by atoms with E-state index in [0.29, 0.717) is 5.56 Å². The topological polar surface area (TPSA) is 48.7 Å². The molecule has 2 rings (SSSR count). The largest absolute Gasteiger partial charge is 0.465 e. The van der Waals surface area contributed by atoms with Crippen LogP contribution in [-0.4, -0.2) is 20.2 Å². The fraction of sp³-hybridized carbons (Fsp3) is 0.267. The maximum atomic E-state index is 12.5. The zero-order valence-electron chi connectivity index (χ0n) is 11.9. The Morgan fingerprint density at radius 2 is 1.82 bits per heavy atom. The molecule has 7 heteroatoms. The number of esters is 1. The van der Waals surface area contributed by atoms with Gasteiger partial charge in [0.15, 0.2) is 0 Å². The van der Waals surface area contributed by atoms with Crippen LogP contribution in [0.3, 0.4) is 0 Å². The zero-order valence-corrected chi connectivity index (χ0v) is 11.9. The standard InChI is InChI=1S/C15H13F3O4/c1-20-8-13-11(14(19)21-2)7-12(22-13)9-3-5-10(6-4-9)15(16,17)18/h3-7H,8H2,1-2H3. The van der Waals surface area contributed by atoms with Crippen LogP contribution in [0.2, 0.25) is 0 Å². The fourth-order valence-electron chi connectivity index (χ4n) is 1.92. The molecule has 1 heterocycles. The van der Waals surface area contributed by atoms with E-state index in [-0.39, 0.29) is 23.7 Å². The van der Waals surface area contributed by atoms with Gasteiger partial charge in [0.25, 0.3) is 0 Å². The minimum absolute atomic E-state index is 0.0467. The average Bonchev–Trinajstić information content (AvgIpc) is 2.90. The first kappa shape index (κ1) is 16.1. The third kappa shape index (κ3) is 3.30. The van der Waals surface area contributed by atoms with Crippen molar-refractivity contribution in [2.75, 3.05) is 14.2 Å². The highest BCUT2D eigenvalue weighted by atomic mass is 19.4. The molecule has 0 aliphatic heterocycles. The van der Waals surface area contributed by atoms with Gasteiger partial charge in [0, 0.05) is 12.7 Å². The molecule has 0 fully saturated rings. The van der Waals surface area contributed by atoms with Crippen LogP contribution in [0, 0.1) is 0 Å². The fourth-order valence-corrected chi connectivity index (χ4v) is 1.92. The minimum Gasteiger partial charge on any atom is -0.465 e. The number of methoxy groups -OCH3 is 2. The van der Waals surface area contributed by atoms with E-state index >= 15 is 0 Å². The van der Waals surface area contributed by atoms with E-state index in [1.54, 1.807) is 0 Å². The predicted octanol–water partition coefficient (Wildman–Crippen LogP) is 3.90. The highest BCUT2D eigenvalue weighted by Gasteiger charge is 2.30. The molecule has 1 aromatic carbocycles. The van der Waals surface area contributed by atoms with Gasteiger partial charge in [0.1, 0.15) is 23.7 Å². The first-order valence-corrected chi connectivity index (χ1v) is 6.24. The van der Waals surface area contributed by atoms with Gasteiger partial charge < -0.3 is 13.9 Å². The molecule has 0 bridgehead atoms. The highest BCUT2D eigenvalue weighted by molar-refractivity contribution is 5.91. The number of furan rings is 1. The van der Waals surface area contributed by atoms with Gasteiger partial charge in [-0.05, 0) is 18.2 Å².